The summed E-state index contributed by atoms with van der Waals surface area (Å²) in [7, 11) is 16.6. The van der Waals surface area contributed by atoms with Gasteiger partial charge in [-0.3, -0.25) is 29.6 Å². The molecule has 2 fully saturated rings. The van der Waals surface area contributed by atoms with E-state index in [1.54, 1.807) is 51.2 Å². The number of rotatable bonds is 6. The number of nitrogens with zero attached hydrogens (tertiary/aromatic N) is 5. The van der Waals surface area contributed by atoms with Crippen molar-refractivity contribution in [3.63, 3.8) is 0 Å². The molecule has 12 nitrogen and oxygen atoms in total. The number of pyridine rings is 4. The predicted octanol–water partition coefficient (Wildman–Crippen LogP) is 4.60. The number of carbonyl (C=O) groups is 1. The zero-order valence-electron chi connectivity index (χ0n) is 42.8. The summed E-state index contributed by atoms with van der Waals surface area (Å²) in [6, 6.07) is 10.7. The number of alkyl halides is 1. The minimum Gasteiger partial charge on any atom is -1.00 e. The van der Waals surface area contributed by atoms with E-state index in [0.717, 1.165) is 60.5 Å². The van der Waals surface area contributed by atoms with Crippen LogP contribution < -0.4 is 148 Å². The summed E-state index contributed by atoms with van der Waals surface area (Å²) in [4.78, 5) is 29.7. The Morgan fingerprint density at radius 1 is 0.707 bits per heavy atom. The molecule has 4 aromatic heterocycles. The number of nitrogens with one attached hydrogen (secondary N) is 1. The minimum atomic E-state index is -0.667. The van der Waals surface area contributed by atoms with Gasteiger partial charge in [-0.15, -0.1) is 11.6 Å². The molecule has 2 aliphatic heterocycles. The van der Waals surface area contributed by atoms with Crippen LogP contribution in [0.3, 0.4) is 0 Å². The second-order valence-corrected chi connectivity index (χ2v) is 17.3. The van der Waals surface area contributed by atoms with Crippen molar-refractivity contribution < 1.29 is 184 Å². The molecular formula is C50H95B4Br4ClK2N6NaO6V-. The molecule has 417 valence electrons. The Balaban J connectivity index is -0.0000000360. The van der Waals surface area contributed by atoms with Crippen LogP contribution in [0.4, 0.5) is 0 Å². The first-order valence-corrected chi connectivity index (χ1v) is 23.5. The van der Waals surface area contributed by atoms with Gasteiger partial charge >= 0.3 is 132 Å². The molecule has 75 heavy (non-hydrogen) atoms. The maximum absolute atomic E-state index is 8.64. The third kappa shape index (κ3) is 71.2. The molecule has 0 spiro atoms. The molecule has 0 amide bonds. The number of hydrogen-bond donors (Lipinski definition) is 3. The number of aliphatic hydroxyl groups excluding tert-OH is 2. The van der Waals surface area contributed by atoms with Crippen LogP contribution in [0.15, 0.2) is 91.7 Å². The molecule has 2 aliphatic rings. The number of halogens is 5. The van der Waals surface area contributed by atoms with E-state index in [4.69, 9.17) is 36.6 Å². The van der Waals surface area contributed by atoms with Gasteiger partial charge in [-0.1, -0.05) is 72.3 Å². The van der Waals surface area contributed by atoms with E-state index < -0.39 is 6.39 Å². The fraction of sp³-hybridized carbons (Fsp3) is 0.560. The number of aliphatic hydroxyl groups is 2. The minimum absolute atomic E-state index is 0. The number of carbonyl (C=O) groups excluding carboxylic acids is 1. The molecule has 0 aliphatic carbocycles. The number of likely N-dealkylation sites (tertiary alicyclic amines) is 1. The van der Waals surface area contributed by atoms with Crippen molar-refractivity contribution in [1.82, 2.24) is 30.2 Å². The molecule has 0 aromatic carbocycles. The van der Waals surface area contributed by atoms with Gasteiger partial charge in [0, 0.05) is 153 Å². The van der Waals surface area contributed by atoms with Gasteiger partial charge in [0.25, 0.3) is 6.47 Å². The first kappa shape index (κ1) is 117. The van der Waals surface area contributed by atoms with Crippen LogP contribution in [0.5, 0.6) is 5.75 Å². The van der Waals surface area contributed by atoms with Crippen LogP contribution in [-0.2, 0) is 47.3 Å². The quantitative estimate of drug-likeness (QED) is 0.0615. The maximum Gasteiger partial charge on any atom is 1.00 e. The maximum atomic E-state index is 8.64. The molecule has 4 aromatic rings. The van der Waals surface area contributed by atoms with Gasteiger partial charge in [0.15, 0.2) is 0 Å². The fourth-order valence-electron chi connectivity index (χ4n) is 5.50. The van der Waals surface area contributed by atoms with Crippen molar-refractivity contribution in [3.8, 4) is 5.75 Å². The van der Waals surface area contributed by atoms with Crippen molar-refractivity contribution in [2.24, 2.45) is 0 Å². The third-order valence-corrected chi connectivity index (χ3v) is 10.2. The molecule has 0 unspecified atom stereocenters. The van der Waals surface area contributed by atoms with Crippen molar-refractivity contribution in [3.05, 3.63) is 115 Å². The summed E-state index contributed by atoms with van der Waals surface area (Å²) in [5.74, 6) is 1.29. The van der Waals surface area contributed by atoms with Crippen LogP contribution >= 0.6 is 75.3 Å². The van der Waals surface area contributed by atoms with Crippen LogP contribution in [0.1, 0.15) is 152 Å². The van der Waals surface area contributed by atoms with Gasteiger partial charge in [0.1, 0.15) is 5.75 Å². The first-order chi connectivity index (χ1) is 30.1. The zero-order chi connectivity index (χ0) is 48.6. The van der Waals surface area contributed by atoms with Crippen molar-refractivity contribution >= 4 is 111 Å². The summed E-state index contributed by atoms with van der Waals surface area (Å²) in [5, 5.41) is 27.5. The van der Waals surface area contributed by atoms with Crippen LogP contribution in [0.25, 0.3) is 0 Å². The SMILES string of the molecule is C.C.C.C.C.C.C.C.CO.COc1cncc(Br)c1.C[C@@H]1CCC[C@H](C)N1.C[C@@H]1CCC[C@H](C)N1Cc1cncc(Br)c1.ClCc1cncc(Br)c1.O=CO[O-].OCc1cncc(Br)c1.[B]B([B])[B].[CH2-]C.[H-].[H-].[K+].[K+].[Na+].[V]. The molecule has 2 saturated heterocycles. The molecule has 0 saturated carbocycles. The van der Waals surface area contributed by atoms with Gasteiger partial charge in [-0.2, -0.15) is 6.92 Å². The molecular weight excluding hydrogens is 1330 g/mol. The average Bonchev–Trinajstić information content (AvgIpc) is 3.27. The normalized spacial score (nSPS) is 14.1. The largest absolute Gasteiger partial charge is 1.00 e. The van der Waals surface area contributed by atoms with Crippen molar-refractivity contribution in [2.75, 3.05) is 14.2 Å². The Kier molecular flexibility index (Phi) is 126. The number of hydrogen-bond acceptors (Lipinski definition) is 12. The average molecular weight is 1430 g/mol. The van der Waals surface area contributed by atoms with Crippen molar-refractivity contribution in [1.29, 1.82) is 0 Å². The van der Waals surface area contributed by atoms with E-state index in [1.165, 1.54) is 44.1 Å². The smallest absolute Gasteiger partial charge is 1.00 e. The number of methoxy groups -OCH3 is 1. The van der Waals surface area contributed by atoms with Crippen LogP contribution in [-0.4, -0.2) is 110 Å². The first-order valence-electron chi connectivity index (χ1n) is 19.8. The Morgan fingerprint density at radius 2 is 1.01 bits per heavy atom. The summed E-state index contributed by atoms with van der Waals surface area (Å²) >= 11 is 18.8. The summed E-state index contributed by atoms with van der Waals surface area (Å²) in [5.41, 5.74) is 3.16. The summed E-state index contributed by atoms with van der Waals surface area (Å²) < 4.78 is 8.78. The molecule has 25 heteroatoms. The summed E-state index contributed by atoms with van der Waals surface area (Å²) in [6.07, 6.45) is 21.5. The van der Waals surface area contributed by atoms with Crippen molar-refractivity contribution in [2.45, 2.75) is 176 Å². The molecule has 3 N–H and O–H groups in total. The number of ether oxygens (including phenoxy) is 1. The topological polar surface area (TPSA) is 166 Å². The second-order valence-electron chi connectivity index (χ2n) is 13.3. The van der Waals surface area contributed by atoms with Crippen LogP contribution in [0.2, 0.25) is 0 Å². The van der Waals surface area contributed by atoms with E-state index in [-0.39, 0.29) is 226 Å². The Hall–Kier alpha value is 3.00. The Morgan fingerprint density at radius 3 is 1.27 bits per heavy atom. The zero-order valence-corrected chi connectivity index (χ0v) is 57.5. The molecule has 4 atom stereocenters. The van der Waals surface area contributed by atoms with E-state index in [0.29, 0.717) is 18.0 Å². The van der Waals surface area contributed by atoms with Gasteiger partial charge in [-0.05, 0) is 158 Å². The standard InChI is InChI=1S/C13H19BrN2.C7H15N.C6H5BrClN.2C6H6BrNO.C2H5.CH2O3.CH4O.8CH4.B4.2K.Na.V.2H/c1-10-4-3-5-11(2)16(10)9-12-6-13(14)8-15-7-12;1-6-4-3-5-7(2)8-6;7-6-1-5(2-8)3-9-4-6;1-9-6-2-5(7)3-8-4-6;7-6-1-5(4-9)2-8-3-6;1-2;2-1-4-3;1-2;;;;;;;;;1-4(2)3;;;;;;/h6-8,10-11H,3-5,9H2,1-2H3;6-8H,3-5H2,1-2H3;1,3-4H,2H2;2-4H,1H3;1-3,9H,4H2;1H2,2H3;1,3H;2H,1H3;8*1H4;;;;;;;/q;;;;;-1;;;;;;;;;;;;3*+1;;2*-1/p-1/t10-,11+;6-,7+;;;;;;;;;;;;;;;;;;;;;. The van der Waals surface area contributed by atoms with E-state index in [1.807, 2.05) is 30.6 Å². The van der Waals surface area contributed by atoms with E-state index >= 15 is 0 Å². The van der Waals surface area contributed by atoms with E-state index in [9.17, 15) is 0 Å². The second kappa shape index (κ2) is 81.2. The van der Waals surface area contributed by atoms with Crippen LogP contribution in [0, 0.1) is 6.92 Å². The summed E-state index contributed by atoms with van der Waals surface area (Å²) in [6.45, 7) is 15.1. The van der Waals surface area contributed by atoms with Gasteiger partial charge < -0.3 is 40.2 Å². The van der Waals surface area contributed by atoms with E-state index in [2.05, 4.69) is 163 Å². The van der Waals surface area contributed by atoms with Gasteiger partial charge in [0.05, 0.1) is 19.9 Å². The molecule has 6 heterocycles. The Labute approximate surface area is 626 Å². The third-order valence-electron chi connectivity index (χ3n) is 8.16. The number of piperidine rings is 2. The monoisotopic (exact) mass is 1420 g/mol. The predicted molar refractivity (Wildman–Crippen MR) is 329 cm³/mol. The van der Waals surface area contributed by atoms with Gasteiger partial charge in [0.2, 0.25) is 0 Å². The number of aromatic nitrogens is 4. The molecule has 7 radical (unpaired) electrons. The molecule has 0 bridgehead atoms. The van der Waals surface area contributed by atoms with Gasteiger partial charge in [-0.25, -0.2) is 0 Å². The Bertz CT molecular complexity index is 1610. The molecule has 6 rings (SSSR count). The fourth-order valence-corrected chi connectivity index (χ4v) is 7.22.